The average molecular weight is 337 g/mol. The van der Waals surface area contributed by atoms with Gasteiger partial charge >= 0.3 is 0 Å². The van der Waals surface area contributed by atoms with E-state index in [0.29, 0.717) is 0 Å². The van der Waals surface area contributed by atoms with Crippen LogP contribution in [0, 0.1) is 12.7 Å². The number of halogens is 1. The number of hydrogen-bond donors (Lipinski definition) is 1. The number of anilines is 1. The van der Waals surface area contributed by atoms with Gasteiger partial charge in [0, 0.05) is 17.8 Å². The van der Waals surface area contributed by atoms with Crippen molar-refractivity contribution < 1.29 is 17.5 Å². The minimum atomic E-state index is -4.02. The quantitative estimate of drug-likeness (QED) is 0.772. The molecule has 0 amide bonds. The van der Waals surface area contributed by atoms with E-state index in [4.69, 9.17) is 4.74 Å². The van der Waals surface area contributed by atoms with Gasteiger partial charge in [0.25, 0.3) is 15.8 Å². The monoisotopic (exact) mass is 337 g/mol. The standard InChI is InChI=1S/C13H12FN5O3S/c1-8-10(4-3-9(22-2)12(8)14)23(20,21)18-11-5-6-15-13-16-7-17-19(11)13/h3-7,18H,1-2H3. The Morgan fingerprint density at radius 3 is 2.78 bits per heavy atom. The van der Waals surface area contributed by atoms with Crippen molar-refractivity contribution in [2.75, 3.05) is 11.8 Å². The summed E-state index contributed by atoms with van der Waals surface area (Å²) >= 11 is 0. The van der Waals surface area contributed by atoms with Crippen molar-refractivity contribution in [3.8, 4) is 5.75 Å². The molecule has 0 aliphatic rings. The second-order valence-electron chi connectivity index (χ2n) is 4.61. The van der Waals surface area contributed by atoms with Crippen molar-refractivity contribution in [3.05, 3.63) is 42.1 Å². The van der Waals surface area contributed by atoms with Gasteiger partial charge in [-0.1, -0.05) is 0 Å². The molecule has 0 saturated carbocycles. The Morgan fingerprint density at radius 1 is 1.26 bits per heavy atom. The van der Waals surface area contributed by atoms with Crippen LogP contribution in [0.3, 0.4) is 0 Å². The summed E-state index contributed by atoms with van der Waals surface area (Å²) in [7, 11) is -2.71. The lowest BCUT2D eigenvalue weighted by atomic mass is 10.2. The number of fused-ring (bicyclic) bond motifs is 1. The predicted octanol–water partition coefficient (Wildman–Crippen LogP) is 1.38. The molecule has 10 heteroatoms. The first-order chi connectivity index (χ1) is 10.9. The van der Waals surface area contributed by atoms with Crippen LogP contribution in [0.15, 0.2) is 35.6 Å². The highest BCUT2D eigenvalue weighted by Crippen LogP contribution is 2.27. The first-order valence-corrected chi connectivity index (χ1v) is 7.93. The second-order valence-corrected chi connectivity index (χ2v) is 6.26. The lowest BCUT2D eigenvalue weighted by molar-refractivity contribution is 0.384. The average Bonchev–Trinajstić information content (AvgIpc) is 2.99. The van der Waals surface area contributed by atoms with Gasteiger partial charge in [0.2, 0.25) is 0 Å². The lowest BCUT2D eigenvalue weighted by Crippen LogP contribution is -2.17. The highest BCUT2D eigenvalue weighted by molar-refractivity contribution is 7.92. The Labute approximate surface area is 131 Å². The smallest absolute Gasteiger partial charge is 0.263 e. The number of nitrogens with zero attached hydrogens (tertiary/aromatic N) is 4. The largest absolute Gasteiger partial charge is 0.494 e. The zero-order valence-corrected chi connectivity index (χ0v) is 13.0. The molecule has 0 saturated heterocycles. The third kappa shape index (κ3) is 2.57. The first kappa shape index (κ1) is 15.2. The summed E-state index contributed by atoms with van der Waals surface area (Å²) in [5.41, 5.74) is -0.0410. The van der Waals surface area contributed by atoms with Crippen molar-refractivity contribution in [1.82, 2.24) is 19.6 Å². The Kier molecular flexibility index (Phi) is 3.60. The molecule has 3 aromatic rings. The van der Waals surface area contributed by atoms with E-state index in [9.17, 15) is 12.8 Å². The number of hydrogen-bond acceptors (Lipinski definition) is 6. The molecule has 0 atom stereocenters. The molecule has 0 bridgehead atoms. The molecule has 0 aliphatic heterocycles. The highest BCUT2D eigenvalue weighted by Gasteiger charge is 2.22. The molecule has 0 aliphatic carbocycles. The van der Waals surface area contributed by atoms with Gasteiger partial charge in [0.05, 0.1) is 12.0 Å². The summed E-state index contributed by atoms with van der Waals surface area (Å²) in [6.45, 7) is 1.37. The first-order valence-electron chi connectivity index (χ1n) is 6.44. The van der Waals surface area contributed by atoms with Crippen LogP contribution in [0.1, 0.15) is 5.56 Å². The zero-order chi connectivity index (χ0) is 16.6. The van der Waals surface area contributed by atoms with Crippen LogP contribution in [0.5, 0.6) is 5.75 Å². The number of ether oxygens (including phenoxy) is 1. The van der Waals surface area contributed by atoms with Gasteiger partial charge in [-0.2, -0.15) is 14.6 Å². The molecule has 1 aromatic carbocycles. The fourth-order valence-electron chi connectivity index (χ4n) is 2.10. The molecule has 0 radical (unpaired) electrons. The van der Waals surface area contributed by atoms with Gasteiger partial charge in [-0.3, -0.25) is 4.72 Å². The van der Waals surface area contributed by atoms with E-state index in [0.717, 1.165) is 0 Å². The fourth-order valence-corrected chi connectivity index (χ4v) is 3.38. The summed E-state index contributed by atoms with van der Waals surface area (Å²) in [4.78, 5) is 7.61. The van der Waals surface area contributed by atoms with Crippen LogP contribution in [-0.2, 0) is 10.0 Å². The van der Waals surface area contributed by atoms with Crippen molar-refractivity contribution in [3.63, 3.8) is 0 Å². The lowest BCUT2D eigenvalue weighted by Gasteiger charge is -2.12. The fraction of sp³-hybridized carbons (Fsp3) is 0.154. The summed E-state index contributed by atoms with van der Waals surface area (Å²) < 4.78 is 47.6. The number of rotatable bonds is 4. The molecular weight excluding hydrogens is 325 g/mol. The van der Waals surface area contributed by atoms with Crippen LogP contribution in [0.2, 0.25) is 0 Å². The molecule has 120 valence electrons. The number of nitrogens with one attached hydrogen (secondary N) is 1. The Balaban J connectivity index is 2.06. The van der Waals surface area contributed by atoms with Crippen LogP contribution in [0.25, 0.3) is 5.78 Å². The van der Waals surface area contributed by atoms with E-state index in [1.165, 1.54) is 49.3 Å². The highest BCUT2D eigenvalue weighted by atomic mass is 32.2. The van der Waals surface area contributed by atoms with Gasteiger partial charge in [-0.25, -0.2) is 17.8 Å². The summed E-state index contributed by atoms with van der Waals surface area (Å²) in [5.74, 6) is -0.369. The van der Waals surface area contributed by atoms with Crippen LogP contribution < -0.4 is 9.46 Å². The normalized spacial score (nSPS) is 11.6. The van der Waals surface area contributed by atoms with Crippen molar-refractivity contribution in [2.24, 2.45) is 0 Å². The number of sulfonamides is 1. The Hall–Kier alpha value is -2.75. The maximum absolute atomic E-state index is 14.1. The molecule has 1 N–H and O–H groups in total. The minimum Gasteiger partial charge on any atom is -0.494 e. The molecule has 2 aromatic heterocycles. The molecule has 0 spiro atoms. The van der Waals surface area contributed by atoms with E-state index in [2.05, 4.69) is 19.8 Å². The van der Waals surface area contributed by atoms with Crippen molar-refractivity contribution in [2.45, 2.75) is 11.8 Å². The molecule has 2 heterocycles. The topological polar surface area (TPSA) is 98.5 Å². The van der Waals surface area contributed by atoms with Gasteiger partial charge < -0.3 is 4.74 Å². The Morgan fingerprint density at radius 2 is 2.04 bits per heavy atom. The number of benzene rings is 1. The van der Waals surface area contributed by atoms with Crippen LogP contribution in [0.4, 0.5) is 10.2 Å². The summed E-state index contributed by atoms with van der Waals surface area (Å²) in [6, 6.07) is 3.96. The van der Waals surface area contributed by atoms with Crippen molar-refractivity contribution >= 4 is 21.6 Å². The molecule has 8 nitrogen and oxygen atoms in total. The van der Waals surface area contributed by atoms with Gasteiger partial charge in [0.15, 0.2) is 11.6 Å². The minimum absolute atomic E-state index is 0.0240. The van der Waals surface area contributed by atoms with Crippen LogP contribution in [-0.4, -0.2) is 35.1 Å². The van der Waals surface area contributed by atoms with E-state index < -0.39 is 15.8 Å². The maximum Gasteiger partial charge on any atom is 0.263 e. The molecular formula is C13H12FN5O3S. The molecule has 23 heavy (non-hydrogen) atoms. The van der Waals surface area contributed by atoms with E-state index in [1.807, 2.05) is 0 Å². The van der Waals surface area contributed by atoms with Crippen molar-refractivity contribution in [1.29, 1.82) is 0 Å². The zero-order valence-electron chi connectivity index (χ0n) is 12.2. The molecule has 3 rings (SSSR count). The third-order valence-corrected chi connectivity index (χ3v) is 4.73. The summed E-state index contributed by atoms with van der Waals surface area (Å²) in [5, 5.41) is 3.89. The third-order valence-electron chi connectivity index (χ3n) is 3.23. The number of methoxy groups -OCH3 is 1. The SMILES string of the molecule is COc1ccc(S(=O)(=O)Nc2ccnc3ncnn23)c(C)c1F. The van der Waals surface area contributed by atoms with E-state index >= 15 is 0 Å². The van der Waals surface area contributed by atoms with Gasteiger partial charge in [0.1, 0.15) is 12.1 Å². The Bertz CT molecular complexity index is 986. The van der Waals surface area contributed by atoms with E-state index in [1.54, 1.807) is 0 Å². The molecule has 0 fully saturated rings. The maximum atomic E-state index is 14.1. The second kappa shape index (κ2) is 5.47. The summed E-state index contributed by atoms with van der Waals surface area (Å²) in [6.07, 6.45) is 2.64. The van der Waals surface area contributed by atoms with Crippen LogP contribution >= 0.6 is 0 Å². The molecule has 0 unspecified atom stereocenters. The predicted molar refractivity (Wildman–Crippen MR) is 79.3 cm³/mol. The van der Waals surface area contributed by atoms with E-state index in [-0.39, 0.29) is 27.8 Å². The van der Waals surface area contributed by atoms with Gasteiger partial charge in [-0.05, 0) is 19.1 Å². The van der Waals surface area contributed by atoms with Gasteiger partial charge in [-0.15, -0.1) is 0 Å². The number of aromatic nitrogens is 4.